The minimum Gasteiger partial charge on any atom is -0.328 e. The lowest BCUT2D eigenvalue weighted by atomic mass is 9.95. The summed E-state index contributed by atoms with van der Waals surface area (Å²) in [5, 5.41) is 0. The van der Waals surface area contributed by atoms with Gasteiger partial charge in [-0.1, -0.05) is 20.3 Å². The van der Waals surface area contributed by atoms with Crippen molar-refractivity contribution in [3.05, 3.63) is 0 Å². The molecule has 0 atom stereocenters. The van der Waals surface area contributed by atoms with Crippen LogP contribution in [0.2, 0.25) is 0 Å². The van der Waals surface area contributed by atoms with Gasteiger partial charge in [-0.25, -0.2) is 0 Å². The molecule has 0 aromatic carbocycles. The predicted molar refractivity (Wildman–Crippen MR) is 33.2 cm³/mol. The molecule has 0 aliphatic heterocycles. The average Bonchev–Trinajstić information content (AvgIpc) is 1.68. The highest BCUT2D eigenvalue weighted by Crippen LogP contribution is 2.14. The summed E-state index contributed by atoms with van der Waals surface area (Å²) in [7, 11) is 0. The van der Waals surface area contributed by atoms with Crippen molar-refractivity contribution in [3.63, 3.8) is 0 Å². The molecule has 1 nitrogen and oxygen atoms in total. The fourth-order valence-electron chi connectivity index (χ4n) is 0.440. The van der Waals surface area contributed by atoms with Gasteiger partial charge in [-0.05, 0) is 12.8 Å². The molecule has 0 radical (unpaired) electrons. The summed E-state index contributed by atoms with van der Waals surface area (Å²) >= 11 is 0. The molecule has 0 spiro atoms. The van der Waals surface area contributed by atoms with Gasteiger partial charge in [0.1, 0.15) is 0 Å². The van der Waals surface area contributed by atoms with Crippen molar-refractivity contribution in [2.24, 2.45) is 5.73 Å². The maximum atomic E-state index is 5.38. The SMILES string of the molecule is CC.NC1CCC1. The maximum absolute atomic E-state index is 5.38. The molecule has 1 rings (SSSR count). The molecule has 7 heavy (non-hydrogen) atoms. The van der Waals surface area contributed by atoms with Crippen LogP contribution in [0.1, 0.15) is 33.1 Å². The molecular weight excluding hydrogens is 86.1 g/mol. The third kappa shape index (κ3) is 2.63. The first kappa shape index (κ1) is 6.96. The lowest BCUT2D eigenvalue weighted by Gasteiger charge is -2.18. The maximum Gasteiger partial charge on any atom is 0.00388 e. The molecule has 0 unspecified atom stereocenters. The normalized spacial score (nSPS) is 19.3. The van der Waals surface area contributed by atoms with Gasteiger partial charge in [-0.15, -0.1) is 0 Å². The van der Waals surface area contributed by atoms with E-state index < -0.39 is 0 Å². The third-order valence-electron chi connectivity index (χ3n) is 1.15. The Hall–Kier alpha value is -0.0400. The van der Waals surface area contributed by atoms with Gasteiger partial charge in [0.2, 0.25) is 0 Å². The summed E-state index contributed by atoms with van der Waals surface area (Å²) in [5.74, 6) is 0. The minimum atomic E-state index is 0.565. The molecule has 1 fully saturated rings. The molecule has 1 saturated carbocycles. The molecular formula is C6H15N. The fraction of sp³-hybridized carbons (Fsp3) is 1.00. The second kappa shape index (κ2) is 4.13. The molecule has 0 heterocycles. The monoisotopic (exact) mass is 101 g/mol. The van der Waals surface area contributed by atoms with E-state index in [9.17, 15) is 0 Å². The van der Waals surface area contributed by atoms with E-state index in [0.717, 1.165) is 0 Å². The smallest absolute Gasteiger partial charge is 0.00388 e. The summed E-state index contributed by atoms with van der Waals surface area (Å²) in [5.41, 5.74) is 5.38. The van der Waals surface area contributed by atoms with Crippen LogP contribution in [0.4, 0.5) is 0 Å². The molecule has 1 heteroatoms. The van der Waals surface area contributed by atoms with Crippen LogP contribution in [0, 0.1) is 0 Å². The molecule has 0 bridgehead atoms. The second-order valence-corrected chi connectivity index (χ2v) is 1.69. The molecule has 2 N–H and O–H groups in total. The number of hydrogen-bond donors (Lipinski definition) is 1. The summed E-state index contributed by atoms with van der Waals surface area (Å²) in [4.78, 5) is 0. The van der Waals surface area contributed by atoms with E-state index in [0.29, 0.717) is 6.04 Å². The van der Waals surface area contributed by atoms with E-state index in [1.807, 2.05) is 13.8 Å². The van der Waals surface area contributed by atoms with Gasteiger partial charge in [0.15, 0.2) is 0 Å². The predicted octanol–water partition coefficient (Wildman–Crippen LogP) is 1.52. The van der Waals surface area contributed by atoms with Gasteiger partial charge < -0.3 is 5.73 Å². The van der Waals surface area contributed by atoms with E-state index in [-0.39, 0.29) is 0 Å². The van der Waals surface area contributed by atoms with Gasteiger partial charge in [0.25, 0.3) is 0 Å². The van der Waals surface area contributed by atoms with Crippen molar-refractivity contribution in [1.29, 1.82) is 0 Å². The Kier molecular flexibility index (Phi) is 4.10. The van der Waals surface area contributed by atoms with Crippen molar-refractivity contribution in [2.75, 3.05) is 0 Å². The summed E-state index contributed by atoms with van der Waals surface area (Å²) in [6.07, 6.45) is 3.89. The van der Waals surface area contributed by atoms with Crippen molar-refractivity contribution >= 4 is 0 Å². The van der Waals surface area contributed by atoms with Gasteiger partial charge in [-0.2, -0.15) is 0 Å². The van der Waals surface area contributed by atoms with Crippen molar-refractivity contribution in [1.82, 2.24) is 0 Å². The van der Waals surface area contributed by atoms with Gasteiger partial charge in [0, 0.05) is 6.04 Å². The van der Waals surface area contributed by atoms with Crippen LogP contribution in [0.5, 0.6) is 0 Å². The fourth-order valence-corrected chi connectivity index (χ4v) is 0.440. The van der Waals surface area contributed by atoms with Crippen LogP contribution in [-0.2, 0) is 0 Å². The molecule has 1 aliphatic carbocycles. The van der Waals surface area contributed by atoms with Crippen LogP contribution >= 0.6 is 0 Å². The van der Waals surface area contributed by atoms with Crippen molar-refractivity contribution < 1.29 is 0 Å². The number of nitrogens with two attached hydrogens (primary N) is 1. The zero-order valence-corrected chi connectivity index (χ0v) is 5.28. The van der Waals surface area contributed by atoms with Crippen LogP contribution in [-0.4, -0.2) is 6.04 Å². The Morgan fingerprint density at radius 1 is 1.29 bits per heavy atom. The lowest BCUT2D eigenvalue weighted by Crippen LogP contribution is -2.27. The highest BCUT2D eigenvalue weighted by Gasteiger charge is 2.09. The highest BCUT2D eigenvalue weighted by molar-refractivity contribution is 4.70. The zero-order valence-electron chi connectivity index (χ0n) is 5.28. The van der Waals surface area contributed by atoms with Crippen molar-refractivity contribution in [2.45, 2.75) is 39.2 Å². The topological polar surface area (TPSA) is 26.0 Å². The largest absolute Gasteiger partial charge is 0.328 e. The zero-order chi connectivity index (χ0) is 5.70. The average molecular weight is 101 g/mol. The Bertz CT molecular complexity index is 31.2. The summed E-state index contributed by atoms with van der Waals surface area (Å²) in [6.45, 7) is 4.00. The number of rotatable bonds is 0. The Morgan fingerprint density at radius 3 is 1.57 bits per heavy atom. The van der Waals surface area contributed by atoms with Crippen LogP contribution in [0.25, 0.3) is 0 Å². The number of hydrogen-bond acceptors (Lipinski definition) is 1. The molecule has 0 saturated heterocycles. The standard InChI is InChI=1S/C4H9N.C2H6/c5-4-2-1-3-4;1-2/h4H,1-3,5H2;1-2H3. The molecule has 1 aliphatic rings. The molecule has 0 aromatic heterocycles. The molecule has 0 amide bonds. The van der Waals surface area contributed by atoms with E-state index in [1.165, 1.54) is 19.3 Å². The van der Waals surface area contributed by atoms with Gasteiger partial charge in [-0.3, -0.25) is 0 Å². The van der Waals surface area contributed by atoms with E-state index in [1.54, 1.807) is 0 Å². The summed E-state index contributed by atoms with van der Waals surface area (Å²) in [6, 6.07) is 0.565. The Balaban J connectivity index is 0.000000162. The van der Waals surface area contributed by atoms with E-state index in [2.05, 4.69) is 0 Å². The highest BCUT2D eigenvalue weighted by atomic mass is 14.6. The molecule has 0 aromatic rings. The minimum absolute atomic E-state index is 0.565. The van der Waals surface area contributed by atoms with E-state index >= 15 is 0 Å². The second-order valence-electron chi connectivity index (χ2n) is 1.69. The van der Waals surface area contributed by atoms with Gasteiger partial charge >= 0.3 is 0 Å². The first-order chi connectivity index (χ1) is 3.39. The third-order valence-corrected chi connectivity index (χ3v) is 1.15. The first-order valence-corrected chi connectivity index (χ1v) is 3.15. The lowest BCUT2D eigenvalue weighted by molar-refractivity contribution is 0.418. The molecule has 44 valence electrons. The summed E-state index contributed by atoms with van der Waals surface area (Å²) < 4.78 is 0. The van der Waals surface area contributed by atoms with Crippen LogP contribution in [0.3, 0.4) is 0 Å². The quantitative estimate of drug-likeness (QED) is 0.492. The van der Waals surface area contributed by atoms with Gasteiger partial charge in [0.05, 0.1) is 0 Å². The van der Waals surface area contributed by atoms with Crippen LogP contribution in [0.15, 0.2) is 0 Å². The van der Waals surface area contributed by atoms with Crippen LogP contribution < -0.4 is 5.73 Å². The van der Waals surface area contributed by atoms with Crippen molar-refractivity contribution in [3.8, 4) is 0 Å². The Labute approximate surface area is 45.9 Å². The van der Waals surface area contributed by atoms with E-state index in [4.69, 9.17) is 5.73 Å². The first-order valence-electron chi connectivity index (χ1n) is 3.15. The Morgan fingerprint density at radius 2 is 1.57 bits per heavy atom.